The van der Waals surface area contributed by atoms with Gasteiger partial charge in [0.25, 0.3) is 0 Å². The van der Waals surface area contributed by atoms with E-state index in [1.54, 1.807) is 0 Å². The van der Waals surface area contributed by atoms with Crippen molar-refractivity contribution in [3.63, 3.8) is 0 Å². The molecule has 1 aromatic rings. The van der Waals surface area contributed by atoms with E-state index in [1.165, 1.54) is 6.07 Å². The zero-order valence-electron chi connectivity index (χ0n) is 10.8. The number of benzene rings is 1. The topological polar surface area (TPSA) is 29.5 Å². The molecule has 0 radical (unpaired) electrons. The smallest absolute Gasteiger partial charge is 0.471 e. The largest absolute Gasteiger partial charge is 0.490 e. The van der Waals surface area contributed by atoms with Crippen molar-refractivity contribution in [2.24, 2.45) is 0 Å². The fraction of sp³-hybridized carbons (Fsp3) is 0.462. The summed E-state index contributed by atoms with van der Waals surface area (Å²) >= 11 is 0. The molecule has 116 valence electrons. The predicted molar refractivity (Wildman–Crippen MR) is 62.6 cm³/mol. The van der Waals surface area contributed by atoms with Gasteiger partial charge in [-0.15, -0.1) is 0 Å². The molecule has 0 bridgehead atoms. The van der Waals surface area contributed by atoms with Gasteiger partial charge in [0.05, 0.1) is 0 Å². The molecule has 2 rings (SSSR count). The number of ether oxygens (including phenoxy) is 1. The van der Waals surface area contributed by atoms with E-state index in [1.807, 2.05) is 0 Å². The Morgan fingerprint density at radius 3 is 2.29 bits per heavy atom. The first-order valence-corrected chi connectivity index (χ1v) is 6.25. The van der Waals surface area contributed by atoms with Crippen LogP contribution < -0.4 is 4.74 Å². The van der Waals surface area contributed by atoms with Gasteiger partial charge in [-0.3, -0.25) is 4.79 Å². The van der Waals surface area contributed by atoms with E-state index >= 15 is 0 Å². The van der Waals surface area contributed by atoms with Crippen LogP contribution in [0.2, 0.25) is 0 Å². The fourth-order valence-electron chi connectivity index (χ4n) is 2.10. The maximum absolute atomic E-state index is 13.0. The number of amides is 1. The summed E-state index contributed by atoms with van der Waals surface area (Å²) in [6.07, 6.45) is -4.93. The van der Waals surface area contributed by atoms with Crippen LogP contribution in [0.15, 0.2) is 18.2 Å². The minimum Gasteiger partial charge on any atom is -0.490 e. The minimum atomic E-state index is -4.88. The average Bonchev–Trinajstić information content (AvgIpc) is 2.42. The van der Waals surface area contributed by atoms with Gasteiger partial charge in [-0.05, 0) is 12.1 Å². The SMILES string of the molecule is O=C(N1CCC(Oc2ccc(F)c(F)c2)CC1)C(F)(F)F. The van der Waals surface area contributed by atoms with E-state index in [0.29, 0.717) is 4.90 Å². The second-order valence-electron chi connectivity index (χ2n) is 4.68. The summed E-state index contributed by atoms with van der Waals surface area (Å²) in [6, 6.07) is 3.03. The van der Waals surface area contributed by atoms with E-state index in [-0.39, 0.29) is 31.7 Å². The molecule has 0 aliphatic carbocycles. The molecule has 1 aromatic carbocycles. The van der Waals surface area contributed by atoms with Crippen LogP contribution in [0.4, 0.5) is 22.0 Å². The molecule has 1 saturated heterocycles. The number of alkyl halides is 3. The molecular formula is C13H12F5NO2. The summed E-state index contributed by atoms with van der Waals surface area (Å²) in [5.74, 6) is -3.83. The summed E-state index contributed by atoms with van der Waals surface area (Å²) in [7, 11) is 0. The highest BCUT2D eigenvalue weighted by Crippen LogP contribution is 2.24. The number of likely N-dealkylation sites (tertiary alicyclic amines) is 1. The van der Waals surface area contributed by atoms with E-state index in [4.69, 9.17) is 4.74 Å². The highest BCUT2D eigenvalue weighted by atomic mass is 19.4. The van der Waals surface area contributed by atoms with Gasteiger partial charge in [-0.2, -0.15) is 13.2 Å². The predicted octanol–water partition coefficient (Wildman–Crippen LogP) is 2.90. The van der Waals surface area contributed by atoms with Gasteiger partial charge in [0.1, 0.15) is 11.9 Å². The van der Waals surface area contributed by atoms with E-state index < -0.39 is 29.8 Å². The van der Waals surface area contributed by atoms with Crippen molar-refractivity contribution in [2.75, 3.05) is 13.1 Å². The molecule has 0 N–H and O–H groups in total. The Kier molecular flexibility index (Phi) is 4.34. The first kappa shape index (κ1) is 15.5. The van der Waals surface area contributed by atoms with Crippen molar-refractivity contribution in [2.45, 2.75) is 25.1 Å². The van der Waals surface area contributed by atoms with Crippen LogP contribution in [0, 0.1) is 11.6 Å². The van der Waals surface area contributed by atoms with Crippen LogP contribution in [-0.2, 0) is 4.79 Å². The van der Waals surface area contributed by atoms with Crippen molar-refractivity contribution in [1.29, 1.82) is 0 Å². The third-order valence-corrected chi connectivity index (χ3v) is 3.17. The van der Waals surface area contributed by atoms with Gasteiger partial charge in [0, 0.05) is 32.0 Å². The normalized spacial score (nSPS) is 16.9. The molecule has 1 fully saturated rings. The number of halogens is 5. The fourth-order valence-corrected chi connectivity index (χ4v) is 2.10. The number of nitrogens with zero attached hydrogens (tertiary/aromatic N) is 1. The lowest BCUT2D eigenvalue weighted by Crippen LogP contribution is -2.47. The summed E-state index contributed by atoms with van der Waals surface area (Å²) in [6.45, 7) is -0.181. The summed E-state index contributed by atoms with van der Waals surface area (Å²) < 4.78 is 67.9. The van der Waals surface area contributed by atoms with Crippen LogP contribution in [0.1, 0.15) is 12.8 Å². The summed E-state index contributed by atoms with van der Waals surface area (Å²) in [5, 5.41) is 0. The standard InChI is InChI=1S/C13H12F5NO2/c14-10-2-1-9(7-11(10)15)21-8-3-5-19(6-4-8)12(20)13(16,17)18/h1-2,7-8H,3-6H2. The quantitative estimate of drug-likeness (QED) is 0.786. The van der Waals surface area contributed by atoms with Crippen LogP contribution >= 0.6 is 0 Å². The second-order valence-corrected chi connectivity index (χ2v) is 4.68. The molecule has 1 heterocycles. The lowest BCUT2D eigenvalue weighted by molar-refractivity contribution is -0.187. The van der Waals surface area contributed by atoms with E-state index in [0.717, 1.165) is 12.1 Å². The first-order chi connectivity index (χ1) is 9.77. The Morgan fingerprint density at radius 1 is 1.14 bits per heavy atom. The molecule has 21 heavy (non-hydrogen) atoms. The maximum atomic E-state index is 13.0. The Hall–Kier alpha value is -1.86. The third kappa shape index (κ3) is 3.83. The average molecular weight is 309 g/mol. The van der Waals surface area contributed by atoms with Gasteiger partial charge >= 0.3 is 12.1 Å². The highest BCUT2D eigenvalue weighted by Gasteiger charge is 2.43. The van der Waals surface area contributed by atoms with Crippen LogP contribution in [-0.4, -0.2) is 36.2 Å². The number of hydrogen-bond acceptors (Lipinski definition) is 2. The summed E-state index contributed by atoms with van der Waals surface area (Å²) in [5.41, 5.74) is 0. The van der Waals surface area contributed by atoms with Crippen LogP contribution in [0.3, 0.4) is 0 Å². The van der Waals surface area contributed by atoms with Gasteiger partial charge in [-0.1, -0.05) is 0 Å². The Labute approximate surface area is 117 Å². The lowest BCUT2D eigenvalue weighted by atomic mass is 10.1. The molecule has 0 unspecified atom stereocenters. The zero-order valence-corrected chi connectivity index (χ0v) is 10.8. The van der Waals surface area contributed by atoms with Crippen LogP contribution in [0.5, 0.6) is 5.75 Å². The number of rotatable bonds is 2. The van der Waals surface area contributed by atoms with Gasteiger partial charge in [0.2, 0.25) is 0 Å². The molecule has 0 atom stereocenters. The molecule has 1 amide bonds. The van der Waals surface area contributed by atoms with Crippen molar-refractivity contribution >= 4 is 5.91 Å². The molecule has 0 saturated carbocycles. The first-order valence-electron chi connectivity index (χ1n) is 6.25. The summed E-state index contributed by atoms with van der Waals surface area (Å²) in [4.78, 5) is 11.7. The molecule has 1 aliphatic rings. The lowest BCUT2D eigenvalue weighted by Gasteiger charge is -2.32. The monoisotopic (exact) mass is 309 g/mol. The maximum Gasteiger partial charge on any atom is 0.471 e. The second kappa shape index (κ2) is 5.87. The third-order valence-electron chi connectivity index (χ3n) is 3.17. The van der Waals surface area contributed by atoms with E-state index in [9.17, 15) is 26.7 Å². The molecule has 0 aromatic heterocycles. The number of hydrogen-bond donors (Lipinski definition) is 0. The Balaban J connectivity index is 1.89. The van der Waals surface area contributed by atoms with Gasteiger partial charge in [-0.25, -0.2) is 8.78 Å². The molecule has 1 aliphatic heterocycles. The molecular weight excluding hydrogens is 297 g/mol. The number of piperidine rings is 1. The Morgan fingerprint density at radius 2 is 1.76 bits per heavy atom. The molecule has 0 spiro atoms. The van der Waals surface area contributed by atoms with Gasteiger partial charge < -0.3 is 9.64 Å². The van der Waals surface area contributed by atoms with Crippen molar-refractivity contribution < 1.29 is 31.5 Å². The number of carbonyl (C=O) groups excluding carboxylic acids is 1. The number of carbonyl (C=O) groups is 1. The minimum absolute atomic E-state index is 0.0906. The van der Waals surface area contributed by atoms with E-state index in [2.05, 4.69) is 0 Å². The van der Waals surface area contributed by atoms with Crippen molar-refractivity contribution in [1.82, 2.24) is 4.90 Å². The van der Waals surface area contributed by atoms with Crippen LogP contribution in [0.25, 0.3) is 0 Å². The molecule has 8 heteroatoms. The Bertz CT molecular complexity index is 524. The van der Waals surface area contributed by atoms with Gasteiger partial charge in [0.15, 0.2) is 11.6 Å². The van der Waals surface area contributed by atoms with Crippen molar-refractivity contribution in [3.8, 4) is 5.75 Å². The zero-order chi connectivity index (χ0) is 15.6. The van der Waals surface area contributed by atoms with Crippen molar-refractivity contribution in [3.05, 3.63) is 29.8 Å². The highest BCUT2D eigenvalue weighted by molar-refractivity contribution is 5.81. The molecule has 3 nitrogen and oxygen atoms in total.